The number of para-hydroxylation sites is 1. The van der Waals surface area contributed by atoms with Gasteiger partial charge < -0.3 is 18.9 Å². The lowest BCUT2D eigenvalue weighted by Crippen LogP contribution is -2.41. The molecule has 0 aliphatic carbocycles. The SMILES string of the molecule is CC[C@H](Cc1ccc(F)cc1)[C@@H](Oc1ccccc1)[C@H](C)OC(=O)[C@H](C)CC(=O)c1nccc(OC)c1OC(=O)C(C)C. The number of Topliss-reactive ketones (excluding diaryl/α,β-unsaturated/α-hetero) is 1. The highest BCUT2D eigenvalue weighted by atomic mass is 19.1. The van der Waals surface area contributed by atoms with Crippen LogP contribution in [0, 0.1) is 23.6 Å². The molecule has 0 radical (unpaired) electrons. The van der Waals surface area contributed by atoms with E-state index in [4.69, 9.17) is 18.9 Å². The lowest BCUT2D eigenvalue weighted by Gasteiger charge is -2.32. The molecule has 8 nitrogen and oxygen atoms in total. The fourth-order valence-electron chi connectivity index (χ4n) is 4.58. The highest BCUT2D eigenvalue weighted by Gasteiger charge is 2.33. The molecule has 0 saturated heterocycles. The van der Waals surface area contributed by atoms with E-state index in [1.54, 1.807) is 39.8 Å². The van der Waals surface area contributed by atoms with Crippen molar-refractivity contribution in [3.63, 3.8) is 0 Å². The van der Waals surface area contributed by atoms with Crippen LogP contribution in [-0.4, -0.2) is 42.0 Å². The third-order valence-corrected chi connectivity index (χ3v) is 7.10. The molecule has 43 heavy (non-hydrogen) atoms. The van der Waals surface area contributed by atoms with E-state index in [0.717, 1.165) is 5.56 Å². The maximum Gasteiger partial charge on any atom is 0.313 e. The van der Waals surface area contributed by atoms with Gasteiger partial charge in [0, 0.05) is 24.6 Å². The minimum absolute atomic E-state index is 0.0652. The highest BCUT2D eigenvalue weighted by molar-refractivity contribution is 6.00. The minimum atomic E-state index is -0.828. The summed E-state index contributed by atoms with van der Waals surface area (Å²) in [5.41, 5.74) is 0.837. The van der Waals surface area contributed by atoms with Gasteiger partial charge in [0.1, 0.15) is 23.8 Å². The summed E-state index contributed by atoms with van der Waals surface area (Å²) >= 11 is 0. The van der Waals surface area contributed by atoms with Crippen molar-refractivity contribution >= 4 is 17.7 Å². The van der Waals surface area contributed by atoms with Crippen molar-refractivity contribution in [1.29, 1.82) is 0 Å². The normalized spacial score (nSPS) is 13.9. The molecular formula is C34H40FNO7. The van der Waals surface area contributed by atoms with Crippen molar-refractivity contribution in [3.8, 4) is 17.2 Å². The highest BCUT2D eigenvalue weighted by Crippen LogP contribution is 2.32. The van der Waals surface area contributed by atoms with Crippen molar-refractivity contribution < 1.29 is 37.7 Å². The summed E-state index contributed by atoms with van der Waals surface area (Å²) < 4.78 is 36.5. The Bertz CT molecular complexity index is 1360. The van der Waals surface area contributed by atoms with Crippen molar-refractivity contribution in [2.24, 2.45) is 17.8 Å². The van der Waals surface area contributed by atoms with E-state index >= 15 is 0 Å². The maximum absolute atomic E-state index is 13.5. The monoisotopic (exact) mass is 593 g/mol. The molecule has 0 unspecified atom stereocenters. The summed E-state index contributed by atoms with van der Waals surface area (Å²) in [5, 5.41) is 0. The van der Waals surface area contributed by atoms with Crippen LogP contribution in [0.1, 0.15) is 63.5 Å². The Kier molecular flexibility index (Phi) is 12.2. The third-order valence-electron chi connectivity index (χ3n) is 7.10. The number of aromatic nitrogens is 1. The number of ketones is 1. The van der Waals surface area contributed by atoms with Crippen LogP contribution in [0.15, 0.2) is 66.9 Å². The first-order valence-electron chi connectivity index (χ1n) is 14.5. The van der Waals surface area contributed by atoms with Crippen molar-refractivity contribution in [2.75, 3.05) is 7.11 Å². The molecule has 230 valence electrons. The molecule has 3 rings (SSSR count). The molecule has 1 heterocycles. The van der Waals surface area contributed by atoms with E-state index in [2.05, 4.69) is 4.98 Å². The van der Waals surface area contributed by atoms with Gasteiger partial charge in [0.2, 0.25) is 5.75 Å². The Morgan fingerprint density at radius 3 is 2.19 bits per heavy atom. The molecule has 0 saturated carbocycles. The van der Waals surface area contributed by atoms with Crippen molar-refractivity contribution in [3.05, 3.63) is 83.9 Å². The lowest BCUT2D eigenvalue weighted by molar-refractivity contribution is -0.158. The summed E-state index contributed by atoms with van der Waals surface area (Å²) in [7, 11) is 1.39. The zero-order chi connectivity index (χ0) is 31.5. The third kappa shape index (κ3) is 9.36. The van der Waals surface area contributed by atoms with Gasteiger partial charge in [-0.1, -0.05) is 58.0 Å². The number of hydrogen-bond acceptors (Lipinski definition) is 8. The quantitative estimate of drug-likeness (QED) is 0.143. The maximum atomic E-state index is 13.5. The van der Waals surface area contributed by atoms with Gasteiger partial charge in [-0.2, -0.15) is 0 Å². The molecule has 2 aromatic carbocycles. The van der Waals surface area contributed by atoms with Crippen LogP contribution in [0.5, 0.6) is 17.2 Å². The van der Waals surface area contributed by atoms with Gasteiger partial charge in [-0.25, -0.2) is 9.37 Å². The fraction of sp³-hybridized carbons (Fsp3) is 0.412. The minimum Gasteiger partial charge on any atom is -0.493 e. The number of carbonyl (C=O) groups excluding carboxylic acids is 3. The standard InChI is InChI=1S/C34H40FNO7/c1-7-25(20-24-13-15-26(35)16-14-24)31(42-27-11-9-8-10-12-27)23(5)41-34(39)22(4)19-28(37)30-32(43-33(38)21(2)3)29(40-6)17-18-36-30/h8-18,21-23,25,31H,7,19-20H2,1-6H3/t22-,23+,25-,31+/m1/s1. The van der Waals surface area contributed by atoms with Crippen LogP contribution in [0.4, 0.5) is 4.39 Å². The van der Waals surface area contributed by atoms with Crippen molar-refractivity contribution in [1.82, 2.24) is 4.98 Å². The van der Waals surface area contributed by atoms with E-state index in [0.29, 0.717) is 18.6 Å². The number of nitrogens with zero attached hydrogens (tertiary/aromatic N) is 1. The first-order valence-corrected chi connectivity index (χ1v) is 14.5. The second kappa shape index (κ2) is 15.8. The number of pyridine rings is 1. The molecule has 0 spiro atoms. The zero-order valence-corrected chi connectivity index (χ0v) is 25.5. The zero-order valence-electron chi connectivity index (χ0n) is 25.5. The Balaban J connectivity index is 1.76. The number of ether oxygens (including phenoxy) is 4. The predicted octanol–water partition coefficient (Wildman–Crippen LogP) is 6.65. The smallest absolute Gasteiger partial charge is 0.313 e. The van der Waals surface area contributed by atoms with Crippen LogP contribution >= 0.6 is 0 Å². The summed E-state index contributed by atoms with van der Waals surface area (Å²) in [6, 6.07) is 17.1. The molecule has 0 aliphatic heterocycles. The number of halogens is 1. The Hall–Kier alpha value is -4.27. The van der Waals surface area contributed by atoms with E-state index in [1.807, 2.05) is 37.3 Å². The van der Waals surface area contributed by atoms with Gasteiger partial charge >= 0.3 is 11.9 Å². The van der Waals surface area contributed by atoms with Gasteiger partial charge in [0.15, 0.2) is 17.2 Å². The summed E-state index contributed by atoms with van der Waals surface area (Å²) in [6.07, 6.45) is 1.25. The van der Waals surface area contributed by atoms with E-state index < -0.39 is 41.8 Å². The number of hydrogen-bond donors (Lipinski definition) is 0. The second-order valence-electron chi connectivity index (χ2n) is 10.8. The number of carbonyl (C=O) groups is 3. The molecule has 0 aliphatic rings. The molecule has 1 aromatic heterocycles. The molecule has 0 bridgehead atoms. The van der Waals surface area contributed by atoms with Crippen LogP contribution in [0.25, 0.3) is 0 Å². The van der Waals surface area contributed by atoms with Crippen LogP contribution in [-0.2, 0) is 20.7 Å². The second-order valence-corrected chi connectivity index (χ2v) is 10.8. The molecule has 4 atom stereocenters. The lowest BCUT2D eigenvalue weighted by atomic mass is 9.89. The molecule has 9 heteroatoms. The number of benzene rings is 2. The first-order chi connectivity index (χ1) is 20.5. The average molecular weight is 594 g/mol. The van der Waals surface area contributed by atoms with Gasteiger partial charge in [0.05, 0.1) is 18.9 Å². The topological polar surface area (TPSA) is 101 Å². The fourth-order valence-corrected chi connectivity index (χ4v) is 4.58. The van der Waals surface area contributed by atoms with Gasteiger partial charge in [-0.3, -0.25) is 14.4 Å². The van der Waals surface area contributed by atoms with Crippen LogP contribution in [0.2, 0.25) is 0 Å². The Labute approximate surface area is 252 Å². The molecule has 0 fully saturated rings. The first kappa shape index (κ1) is 33.2. The van der Waals surface area contributed by atoms with Crippen LogP contribution < -0.4 is 14.2 Å². The summed E-state index contributed by atoms with van der Waals surface area (Å²) in [4.78, 5) is 42.9. The van der Waals surface area contributed by atoms with E-state index in [9.17, 15) is 18.8 Å². The van der Waals surface area contributed by atoms with E-state index in [-0.39, 0.29) is 35.3 Å². The Morgan fingerprint density at radius 2 is 1.58 bits per heavy atom. The van der Waals surface area contributed by atoms with Gasteiger partial charge in [0.25, 0.3) is 0 Å². The largest absolute Gasteiger partial charge is 0.493 e. The molecule has 0 N–H and O–H groups in total. The molecule has 3 aromatic rings. The number of methoxy groups -OCH3 is 1. The Morgan fingerprint density at radius 1 is 0.907 bits per heavy atom. The summed E-state index contributed by atoms with van der Waals surface area (Å²) in [6.45, 7) is 8.72. The molecule has 0 amide bonds. The van der Waals surface area contributed by atoms with Crippen LogP contribution in [0.3, 0.4) is 0 Å². The van der Waals surface area contributed by atoms with Gasteiger partial charge in [-0.15, -0.1) is 0 Å². The molecular weight excluding hydrogens is 553 g/mol. The predicted molar refractivity (Wildman–Crippen MR) is 160 cm³/mol. The number of esters is 2. The number of rotatable bonds is 15. The average Bonchev–Trinajstić information content (AvgIpc) is 3.00. The van der Waals surface area contributed by atoms with Crippen molar-refractivity contribution in [2.45, 2.75) is 66.1 Å². The van der Waals surface area contributed by atoms with Gasteiger partial charge in [-0.05, 0) is 49.6 Å². The summed E-state index contributed by atoms with van der Waals surface area (Å²) in [5.74, 6) is -2.53. The van der Waals surface area contributed by atoms with E-state index in [1.165, 1.54) is 31.5 Å².